The van der Waals surface area contributed by atoms with Gasteiger partial charge in [-0.3, -0.25) is 4.79 Å². The zero-order valence-corrected chi connectivity index (χ0v) is 15.8. The largest absolute Gasteiger partial charge is 0.482 e. The molecule has 146 valence electrons. The van der Waals surface area contributed by atoms with Gasteiger partial charge in [0.2, 0.25) is 5.09 Å². The quantitative estimate of drug-likeness (QED) is 0.692. The number of benzene rings is 1. The fourth-order valence-electron chi connectivity index (χ4n) is 2.11. The van der Waals surface area contributed by atoms with Crippen molar-refractivity contribution in [3.8, 4) is 5.75 Å². The van der Waals surface area contributed by atoms with Crippen molar-refractivity contribution in [2.24, 2.45) is 0 Å². The Labute approximate surface area is 156 Å². The minimum atomic E-state index is -3.76. The minimum absolute atomic E-state index is 0.0867. The van der Waals surface area contributed by atoms with Crippen LogP contribution in [-0.2, 0) is 14.8 Å². The normalized spacial score (nSPS) is 12.6. The van der Waals surface area contributed by atoms with Gasteiger partial charge in [-0.05, 0) is 24.6 Å². The second-order valence-corrected chi connectivity index (χ2v) is 7.97. The fourth-order valence-corrected chi connectivity index (χ4v) is 2.92. The molecule has 9 nitrogen and oxygen atoms in total. The van der Waals surface area contributed by atoms with E-state index in [4.69, 9.17) is 14.3 Å². The molecule has 27 heavy (non-hydrogen) atoms. The first-order chi connectivity index (χ1) is 12.6. The summed E-state index contributed by atoms with van der Waals surface area (Å²) < 4.78 is 35.0. The van der Waals surface area contributed by atoms with Crippen LogP contribution < -0.4 is 10.1 Å². The summed E-state index contributed by atoms with van der Waals surface area (Å²) in [5, 5.41) is 11.0. The van der Waals surface area contributed by atoms with E-state index in [0.717, 1.165) is 16.1 Å². The molecule has 0 aliphatic heterocycles. The van der Waals surface area contributed by atoms with E-state index in [-0.39, 0.29) is 16.7 Å². The van der Waals surface area contributed by atoms with Gasteiger partial charge in [0.15, 0.2) is 6.61 Å². The molecule has 0 spiro atoms. The molecule has 0 aliphatic rings. The summed E-state index contributed by atoms with van der Waals surface area (Å²) >= 11 is 0. The molecule has 0 aliphatic carbocycles. The first-order valence-electron chi connectivity index (χ1n) is 7.87. The van der Waals surface area contributed by atoms with E-state index in [9.17, 15) is 18.0 Å². The summed E-state index contributed by atoms with van der Waals surface area (Å²) in [6, 6.07) is 7.37. The first-order valence-corrected chi connectivity index (χ1v) is 9.31. The van der Waals surface area contributed by atoms with E-state index in [2.05, 4.69) is 5.32 Å². The molecule has 1 heterocycles. The Bertz CT molecular complexity index is 917. The Hall–Kier alpha value is -2.85. The molecule has 2 aromatic rings. The summed E-state index contributed by atoms with van der Waals surface area (Å²) in [5.74, 6) is -1.17. The Morgan fingerprint density at radius 3 is 2.44 bits per heavy atom. The van der Waals surface area contributed by atoms with E-state index in [1.165, 1.54) is 20.2 Å². The minimum Gasteiger partial charge on any atom is -0.482 e. The van der Waals surface area contributed by atoms with Crippen LogP contribution in [0, 0.1) is 0 Å². The average Bonchev–Trinajstić information content (AvgIpc) is 3.11. The predicted octanol–water partition coefficient (Wildman–Crippen LogP) is 1.48. The number of carbonyl (C=O) groups is 2. The summed E-state index contributed by atoms with van der Waals surface area (Å²) in [4.78, 5) is 22.8. The molecule has 1 atom stereocenters. The smallest absolute Gasteiger partial charge is 0.341 e. The van der Waals surface area contributed by atoms with Gasteiger partial charge in [-0.1, -0.05) is 12.1 Å². The van der Waals surface area contributed by atoms with Crippen LogP contribution in [-0.4, -0.2) is 50.4 Å². The number of carboxylic acid groups (broad SMARTS) is 1. The van der Waals surface area contributed by atoms with E-state index in [1.54, 1.807) is 31.2 Å². The van der Waals surface area contributed by atoms with Crippen molar-refractivity contribution in [2.45, 2.75) is 18.1 Å². The fraction of sp³-hybridized carbons (Fsp3) is 0.294. The summed E-state index contributed by atoms with van der Waals surface area (Å²) in [6.45, 7) is 1.31. The van der Waals surface area contributed by atoms with Crippen LogP contribution in [0.5, 0.6) is 5.75 Å². The first kappa shape index (κ1) is 20.5. The third-order valence-electron chi connectivity index (χ3n) is 3.66. The maximum Gasteiger partial charge on any atom is 0.341 e. The Morgan fingerprint density at radius 2 is 1.89 bits per heavy atom. The van der Waals surface area contributed by atoms with E-state index in [0.29, 0.717) is 5.75 Å². The number of aliphatic carboxylic acids is 1. The highest BCUT2D eigenvalue weighted by Gasteiger charge is 2.24. The Balaban J connectivity index is 2.03. The summed E-state index contributed by atoms with van der Waals surface area (Å²) in [5.41, 5.74) is 0.847. The number of carboxylic acids is 1. The van der Waals surface area contributed by atoms with Crippen molar-refractivity contribution in [2.75, 3.05) is 20.7 Å². The van der Waals surface area contributed by atoms with Gasteiger partial charge in [-0.2, -0.15) is 0 Å². The molecule has 1 unspecified atom stereocenters. The molecule has 10 heteroatoms. The number of hydrogen-bond acceptors (Lipinski definition) is 6. The zero-order valence-electron chi connectivity index (χ0n) is 15.0. The Kier molecular flexibility index (Phi) is 6.24. The molecular formula is C17H20N2O7S. The van der Waals surface area contributed by atoms with Crippen LogP contribution >= 0.6 is 0 Å². The van der Waals surface area contributed by atoms with Crippen molar-refractivity contribution in [3.05, 3.63) is 47.7 Å². The number of carbonyl (C=O) groups excluding carboxylic acids is 1. The highest BCUT2D eigenvalue weighted by molar-refractivity contribution is 7.88. The molecule has 0 fully saturated rings. The molecular weight excluding hydrogens is 376 g/mol. The van der Waals surface area contributed by atoms with Gasteiger partial charge in [0, 0.05) is 20.2 Å². The average molecular weight is 396 g/mol. The number of sulfonamides is 1. The lowest BCUT2D eigenvalue weighted by molar-refractivity contribution is -0.139. The lowest BCUT2D eigenvalue weighted by atomic mass is 10.1. The molecule has 1 amide bonds. The van der Waals surface area contributed by atoms with Crippen LogP contribution in [0.25, 0.3) is 0 Å². The second kappa shape index (κ2) is 8.23. The molecule has 2 rings (SSSR count). The van der Waals surface area contributed by atoms with Gasteiger partial charge in [0.1, 0.15) is 12.0 Å². The number of nitrogens with zero attached hydrogens (tertiary/aromatic N) is 1. The van der Waals surface area contributed by atoms with Crippen LogP contribution in [0.1, 0.15) is 28.9 Å². The van der Waals surface area contributed by atoms with Gasteiger partial charge >= 0.3 is 5.97 Å². The van der Waals surface area contributed by atoms with Crippen molar-refractivity contribution in [1.82, 2.24) is 9.62 Å². The lowest BCUT2D eigenvalue weighted by Gasteiger charge is -2.14. The van der Waals surface area contributed by atoms with Crippen molar-refractivity contribution in [1.29, 1.82) is 0 Å². The summed E-state index contributed by atoms with van der Waals surface area (Å²) in [6.07, 6.45) is 1.08. The van der Waals surface area contributed by atoms with Crippen molar-refractivity contribution in [3.63, 3.8) is 0 Å². The van der Waals surface area contributed by atoms with E-state index in [1.807, 2.05) is 0 Å². The van der Waals surface area contributed by atoms with Crippen LogP contribution in [0.3, 0.4) is 0 Å². The predicted molar refractivity (Wildman–Crippen MR) is 95.0 cm³/mol. The summed E-state index contributed by atoms with van der Waals surface area (Å²) in [7, 11) is -1.03. The molecule has 1 aromatic heterocycles. The number of amides is 1. The molecule has 0 saturated heterocycles. The maximum atomic E-state index is 12.3. The number of ether oxygens (including phenoxy) is 1. The molecule has 0 saturated carbocycles. The van der Waals surface area contributed by atoms with Gasteiger partial charge in [-0.15, -0.1) is 0 Å². The van der Waals surface area contributed by atoms with E-state index >= 15 is 0 Å². The van der Waals surface area contributed by atoms with Gasteiger partial charge in [0.25, 0.3) is 15.9 Å². The lowest BCUT2D eigenvalue weighted by Crippen LogP contribution is -2.26. The molecule has 0 bridgehead atoms. The van der Waals surface area contributed by atoms with Crippen molar-refractivity contribution < 1.29 is 32.3 Å². The Morgan fingerprint density at radius 1 is 1.26 bits per heavy atom. The van der Waals surface area contributed by atoms with Crippen molar-refractivity contribution >= 4 is 21.9 Å². The highest BCUT2D eigenvalue weighted by atomic mass is 32.2. The van der Waals surface area contributed by atoms with Crippen LogP contribution in [0.2, 0.25) is 0 Å². The standard InChI is InChI=1S/C17H20N2O7S/c1-11(12-4-6-14(7-5-12)25-10-15(20)21)18-17(22)13-8-16(26-9-13)27(23,24)19(2)3/h4-9,11H,10H2,1-3H3,(H,18,22)(H,20,21). The van der Waals surface area contributed by atoms with Gasteiger partial charge < -0.3 is 19.6 Å². The van der Waals surface area contributed by atoms with Crippen LogP contribution in [0.4, 0.5) is 0 Å². The number of hydrogen-bond donors (Lipinski definition) is 2. The highest BCUT2D eigenvalue weighted by Crippen LogP contribution is 2.20. The monoisotopic (exact) mass is 396 g/mol. The molecule has 2 N–H and O–H groups in total. The van der Waals surface area contributed by atoms with E-state index < -0.39 is 28.5 Å². The third kappa shape index (κ3) is 5.08. The maximum absolute atomic E-state index is 12.3. The third-order valence-corrected chi connectivity index (χ3v) is 5.35. The molecule has 0 radical (unpaired) electrons. The SMILES string of the molecule is CC(NC(=O)c1coc(S(=O)(=O)N(C)C)c1)c1ccc(OCC(=O)O)cc1. The van der Waals surface area contributed by atoms with Gasteiger partial charge in [-0.25, -0.2) is 17.5 Å². The topological polar surface area (TPSA) is 126 Å². The second-order valence-electron chi connectivity index (χ2n) is 5.89. The number of furan rings is 1. The zero-order chi connectivity index (χ0) is 20.2. The van der Waals surface area contributed by atoms with Crippen LogP contribution in [0.15, 0.2) is 46.1 Å². The number of nitrogens with one attached hydrogen (secondary N) is 1. The number of rotatable bonds is 8. The molecule has 1 aromatic carbocycles. The van der Waals surface area contributed by atoms with Gasteiger partial charge in [0.05, 0.1) is 11.6 Å².